The van der Waals surface area contributed by atoms with E-state index in [1.165, 1.54) is 25.7 Å². The van der Waals surface area contributed by atoms with Crippen molar-refractivity contribution in [3.63, 3.8) is 0 Å². The minimum Gasteiger partial charge on any atom is -0.481 e. The van der Waals surface area contributed by atoms with Crippen LogP contribution < -0.4 is 10.6 Å². The topological polar surface area (TPSA) is 78.4 Å². The molecule has 0 heterocycles. The minimum atomic E-state index is -0.928. The largest absolute Gasteiger partial charge is 0.481 e. The van der Waals surface area contributed by atoms with Crippen LogP contribution in [-0.2, 0) is 4.79 Å². The van der Waals surface area contributed by atoms with E-state index >= 15 is 0 Å². The molecule has 1 aliphatic rings. The van der Waals surface area contributed by atoms with Crippen LogP contribution in [0.3, 0.4) is 0 Å². The molecule has 0 saturated heterocycles. The molecular formula is C13H24N2O3. The van der Waals surface area contributed by atoms with Crippen molar-refractivity contribution in [2.24, 2.45) is 11.3 Å². The van der Waals surface area contributed by atoms with Crippen molar-refractivity contribution in [2.45, 2.75) is 46.0 Å². The van der Waals surface area contributed by atoms with Gasteiger partial charge in [0, 0.05) is 13.1 Å². The average molecular weight is 256 g/mol. The Morgan fingerprint density at radius 2 is 1.83 bits per heavy atom. The van der Waals surface area contributed by atoms with E-state index in [2.05, 4.69) is 10.6 Å². The fraction of sp³-hybridized carbons (Fsp3) is 0.846. The zero-order valence-corrected chi connectivity index (χ0v) is 11.3. The highest BCUT2D eigenvalue weighted by atomic mass is 16.4. The lowest BCUT2D eigenvalue weighted by Crippen LogP contribution is -2.43. The number of rotatable bonds is 6. The van der Waals surface area contributed by atoms with Crippen molar-refractivity contribution >= 4 is 12.0 Å². The van der Waals surface area contributed by atoms with Gasteiger partial charge in [-0.2, -0.15) is 0 Å². The number of urea groups is 1. The maximum absolute atomic E-state index is 11.5. The van der Waals surface area contributed by atoms with Crippen LogP contribution in [0.25, 0.3) is 0 Å². The number of carbonyl (C=O) groups excluding carboxylic acids is 1. The van der Waals surface area contributed by atoms with Crippen LogP contribution in [0, 0.1) is 11.3 Å². The molecule has 0 unspecified atom stereocenters. The summed E-state index contributed by atoms with van der Waals surface area (Å²) in [4.78, 5) is 22.3. The molecule has 1 fully saturated rings. The molecule has 0 radical (unpaired) electrons. The van der Waals surface area contributed by atoms with E-state index in [9.17, 15) is 9.59 Å². The summed E-state index contributed by atoms with van der Waals surface area (Å²) >= 11 is 0. The van der Waals surface area contributed by atoms with Crippen LogP contribution in [0.1, 0.15) is 46.0 Å². The van der Waals surface area contributed by atoms with Gasteiger partial charge in [-0.1, -0.05) is 25.7 Å². The predicted octanol–water partition coefficient (Wildman–Crippen LogP) is 1.98. The van der Waals surface area contributed by atoms with Crippen LogP contribution in [0.4, 0.5) is 4.79 Å². The summed E-state index contributed by atoms with van der Waals surface area (Å²) in [6.07, 6.45) is 6.19. The molecule has 104 valence electrons. The highest BCUT2D eigenvalue weighted by Gasteiger charge is 2.27. The third kappa shape index (κ3) is 4.94. The van der Waals surface area contributed by atoms with Gasteiger partial charge in [0.25, 0.3) is 0 Å². The monoisotopic (exact) mass is 256 g/mol. The molecule has 1 saturated carbocycles. The lowest BCUT2D eigenvalue weighted by Gasteiger charge is -2.19. The van der Waals surface area contributed by atoms with E-state index < -0.39 is 11.4 Å². The summed E-state index contributed by atoms with van der Waals surface area (Å²) < 4.78 is 0. The molecule has 1 aliphatic carbocycles. The summed E-state index contributed by atoms with van der Waals surface area (Å²) in [7, 11) is 0. The molecule has 2 amide bonds. The zero-order valence-electron chi connectivity index (χ0n) is 11.3. The molecule has 5 heteroatoms. The Bertz CT molecular complexity index is 297. The molecule has 0 aromatic rings. The van der Waals surface area contributed by atoms with Gasteiger partial charge in [-0.05, 0) is 26.2 Å². The van der Waals surface area contributed by atoms with Crippen LogP contribution in [0.15, 0.2) is 0 Å². The van der Waals surface area contributed by atoms with Gasteiger partial charge in [0.05, 0.1) is 5.41 Å². The molecule has 0 aromatic heterocycles. The van der Waals surface area contributed by atoms with Gasteiger partial charge in [0.2, 0.25) is 0 Å². The Morgan fingerprint density at radius 3 is 2.39 bits per heavy atom. The summed E-state index contributed by atoms with van der Waals surface area (Å²) in [6, 6.07) is -0.276. The van der Waals surface area contributed by atoms with Gasteiger partial charge in [-0.3, -0.25) is 4.79 Å². The number of carboxylic acid groups (broad SMARTS) is 1. The van der Waals surface area contributed by atoms with E-state index in [1.54, 1.807) is 13.8 Å². The van der Waals surface area contributed by atoms with Gasteiger partial charge in [0.1, 0.15) is 0 Å². The average Bonchev–Trinajstić information content (AvgIpc) is 2.79. The lowest BCUT2D eigenvalue weighted by atomic mass is 9.94. The summed E-state index contributed by atoms with van der Waals surface area (Å²) in [5.41, 5.74) is -0.928. The first kappa shape index (κ1) is 14.8. The molecular weight excluding hydrogens is 232 g/mol. The van der Waals surface area contributed by atoms with Crippen LogP contribution in [0.2, 0.25) is 0 Å². The number of amides is 2. The van der Waals surface area contributed by atoms with Crippen molar-refractivity contribution in [3.05, 3.63) is 0 Å². The van der Waals surface area contributed by atoms with Gasteiger partial charge in [-0.15, -0.1) is 0 Å². The van der Waals surface area contributed by atoms with Crippen molar-refractivity contribution in [1.82, 2.24) is 10.6 Å². The SMILES string of the molecule is CC(C)(CNC(=O)NCCC1CCCC1)C(=O)O. The number of nitrogens with one attached hydrogen (secondary N) is 2. The second-order valence-electron chi connectivity index (χ2n) is 5.74. The van der Waals surface area contributed by atoms with Gasteiger partial charge in [0.15, 0.2) is 0 Å². The van der Waals surface area contributed by atoms with E-state index in [1.807, 2.05) is 0 Å². The number of carbonyl (C=O) groups is 2. The van der Waals surface area contributed by atoms with Crippen molar-refractivity contribution < 1.29 is 14.7 Å². The first-order valence-corrected chi connectivity index (χ1v) is 6.67. The normalized spacial score (nSPS) is 16.6. The second kappa shape index (κ2) is 6.61. The number of hydrogen-bond donors (Lipinski definition) is 3. The number of hydrogen-bond acceptors (Lipinski definition) is 2. The molecule has 0 aromatic carbocycles. The number of carboxylic acids is 1. The smallest absolute Gasteiger partial charge is 0.314 e. The van der Waals surface area contributed by atoms with E-state index in [0.717, 1.165) is 12.3 Å². The molecule has 0 aliphatic heterocycles. The van der Waals surface area contributed by atoms with Crippen LogP contribution in [0.5, 0.6) is 0 Å². The maximum atomic E-state index is 11.5. The Morgan fingerprint density at radius 1 is 1.22 bits per heavy atom. The Hall–Kier alpha value is -1.26. The van der Waals surface area contributed by atoms with Crippen molar-refractivity contribution in [2.75, 3.05) is 13.1 Å². The minimum absolute atomic E-state index is 0.137. The quantitative estimate of drug-likeness (QED) is 0.680. The Balaban J connectivity index is 2.11. The molecule has 1 rings (SSSR count). The molecule has 18 heavy (non-hydrogen) atoms. The van der Waals surface area contributed by atoms with Gasteiger partial charge < -0.3 is 15.7 Å². The van der Waals surface area contributed by atoms with E-state index in [-0.39, 0.29) is 12.6 Å². The number of aliphatic carboxylic acids is 1. The fourth-order valence-electron chi connectivity index (χ4n) is 2.13. The third-order valence-electron chi connectivity index (χ3n) is 3.58. The van der Waals surface area contributed by atoms with Crippen LogP contribution >= 0.6 is 0 Å². The predicted molar refractivity (Wildman–Crippen MR) is 69.4 cm³/mol. The zero-order chi connectivity index (χ0) is 13.6. The standard InChI is InChI=1S/C13H24N2O3/c1-13(2,11(16)17)9-15-12(18)14-8-7-10-5-3-4-6-10/h10H,3-9H2,1-2H3,(H,16,17)(H2,14,15,18). The molecule has 5 nitrogen and oxygen atoms in total. The highest BCUT2D eigenvalue weighted by molar-refractivity contribution is 5.77. The highest BCUT2D eigenvalue weighted by Crippen LogP contribution is 2.26. The van der Waals surface area contributed by atoms with Crippen LogP contribution in [-0.4, -0.2) is 30.2 Å². The van der Waals surface area contributed by atoms with Gasteiger partial charge >= 0.3 is 12.0 Å². The molecule has 3 N–H and O–H groups in total. The van der Waals surface area contributed by atoms with E-state index in [4.69, 9.17) is 5.11 Å². The third-order valence-corrected chi connectivity index (χ3v) is 3.58. The first-order chi connectivity index (χ1) is 8.42. The Kier molecular flexibility index (Phi) is 5.44. The van der Waals surface area contributed by atoms with E-state index in [0.29, 0.717) is 6.54 Å². The summed E-state index contributed by atoms with van der Waals surface area (Å²) in [5.74, 6) is -0.158. The summed E-state index contributed by atoms with van der Waals surface area (Å²) in [5, 5.41) is 14.3. The molecule has 0 bridgehead atoms. The molecule has 0 spiro atoms. The Labute approximate surface area is 108 Å². The van der Waals surface area contributed by atoms with Gasteiger partial charge in [-0.25, -0.2) is 4.79 Å². The second-order valence-corrected chi connectivity index (χ2v) is 5.74. The van der Waals surface area contributed by atoms with Crippen molar-refractivity contribution in [3.8, 4) is 0 Å². The summed E-state index contributed by atoms with van der Waals surface area (Å²) in [6.45, 7) is 3.99. The molecule has 0 atom stereocenters. The van der Waals surface area contributed by atoms with Crippen molar-refractivity contribution in [1.29, 1.82) is 0 Å². The lowest BCUT2D eigenvalue weighted by molar-refractivity contribution is -0.146. The first-order valence-electron chi connectivity index (χ1n) is 6.67. The fourth-order valence-corrected chi connectivity index (χ4v) is 2.13. The maximum Gasteiger partial charge on any atom is 0.314 e.